The summed E-state index contributed by atoms with van der Waals surface area (Å²) < 4.78 is 5.39. The van der Waals surface area contributed by atoms with E-state index in [0.717, 1.165) is 38.8 Å². The molecular formula is C14H24N2O3. The summed E-state index contributed by atoms with van der Waals surface area (Å²) in [6.07, 6.45) is 5.34. The molecule has 0 radical (unpaired) electrons. The predicted molar refractivity (Wildman–Crippen MR) is 72.8 cm³/mol. The zero-order chi connectivity index (χ0) is 14.3. The fourth-order valence-electron chi connectivity index (χ4n) is 2.30. The standard InChI is InChI=1S/C14H24N2O3/c1-14(2,3)19-13(18)16-9-5-7-12(10-16)6-4-8-15-11-17/h12H,4-10H2,1-3H3. The number of ether oxygens (including phenoxy) is 1. The fourth-order valence-corrected chi connectivity index (χ4v) is 2.30. The predicted octanol–water partition coefficient (Wildman–Crippen LogP) is 2.75. The summed E-state index contributed by atoms with van der Waals surface area (Å²) in [4.78, 5) is 27.3. The van der Waals surface area contributed by atoms with Gasteiger partial charge in [-0.1, -0.05) is 0 Å². The van der Waals surface area contributed by atoms with Gasteiger partial charge in [-0.2, -0.15) is 0 Å². The van der Waals surface area contributed by atoms with Gasteiger partial charge in [0.2, 0.25) is 6.08 Å². The molecular weight excluding hydrogens is 244 g/mol. The number of carbonyl (C=O) groups is 1. The first-order valence-corrected chi connectivity index (χ1v) is 6.94. The van der Waals surface area contributed by atoms with Gasteiger partial charge in [0, 0.05) is 13.1 Å². The Balaban J connectivity index is 2.37. The highest BCUT2D eigenvalue weighted by atomic mass is 16.6. The number of hydrogen-bond donors (Lipinski definition) is 0. The molecule has 0 N–H and O–H groups in total. The molecule has 5 heteroatoms. The van der Waals surface area contributed by atoms with Crippen LogP contribution in [0.2, 0.25) is 0 Å². The van der Waals surface area contributed by atoms with Crippen LogP contribution in [0.1, 0.15) is 46.5 Å². The Labute approximate surface area is 115 Å². The second-order valence-electron chi connectivity index (χ2n) is 6.05. The van der Waals surface area contributed by atoms with Gasteiger partial charge < -0.3 is 9.64 Å². The van der Waals surface area contributed by atoms with Crippen LogP contribution in [-0.2, 0) is 9.53 Å². The number of rotatable bonds is 4. The maximum atomic E-state index is 12.0. The monoisotopic (exact) mass is 268 g/mol. The maximum absolute atomic E-state index is 12.0. The van der Waals surface area contributed by atoms with Gasteiger partial charge in [0.25, 0.3) is 0 Å². The molecule has 5 nitrogen and oxygen atoms in total. The zero-order valence-corrected chi connectivity index (χ0v) is 12.1. The molecule has 1 rings (SSSR count). The van der Waals surface area contributed by atoms with Crippen LogP contribution in [0, 0.1) is 5.92 Å². The minimum Gasteiger partial charge on any atom is -0.444 e. The molecule has 1 amide bonds. The molecule has 0 saturated carbocycles. The zero-order valence-electron chi connectivity index (χ0n) is 12.1. The largest absolute Gasteiger partial charge is 0.444 e. The molecule has 1 aliphatic rings. The van der Waals surface area contributed by atoms with E-state index in [4.69, 9.17) is 4.74 Å². The summed E-state index contributed by atoms with van der Waals surface area (Å²) in [6, 6.07) is 0. The number of amides is 1. The van der Waals surface area contributed by atoms with E-state index >= 15 is 0 Å². The fraction of sp³-hybridized carbons (Fsp3) is 0.857. The molecule has 108 valence electrons. The highest BCUT2D eigenvalue weighted by molar-refractivity contribution is 5.68. The molecule has 1 fully saturated rings. The van der Waals surface area contributed by atoms with E-state index in [-0.39, 0.29) is 6.09 Å². The van der Waals surface area contributed by atoms with Crippen molar-refractivity contribution in [2.45, 2.75) is 52.1 Å². The third-order valence-electron chi connectivity index (χ3n) is 3.12. The van der Waals surface area contributed by atoms with Crippen molar-refractivity contribution in [1.29, 1.82) is 0 Å². The molecule has 1 unspecified atom stereocenters. The van der Waals surface area contributed by atoms with E-state index in [1.165, 1.54) is 0 Å². The smallest absolute Gasteiger partial charge is 0.410 e. The topological polar surface area (TPSA) is 59.0 Å². The Hall–Kier alpha value is -1.35. The summed E-state index contributed by atoms with van der Waals surface area (Å²) >= 11 is 0. The van der Waals surface area contributed by atoms with Crippen LogP contribution in [0.25, 0.3) is 0 Å². The Morgan fingerprint density at radius 1 is 1.47 bits per heavy atom. The Morgan fingerprint density at radius 3 is 2.84 bits per heavy atom. The van der Waals surface area contributed by atoms with E-state index in [9.17, 15) is 9.59 Å². The lowest BCUT2D eigenvalue weighted by atomic mass is 9.93. The highest BCUT2D eigenvalue weighted by Gasteiger charge is 2.27. The summed E-state index contributed by atoms with van der Waals surface area (Å²) in [5, 5.41) is 0. The number of hydrogen-bond acceptors (Lipinski definition) is 4. The third kappa shape index (κ3) is 6.39. The van der Waals surface area contributed by atoms with Gasteiger partial charge in [0.15, 0.2) is 0 Å². The molecule has 1 saturated heterocycles. The molecule has 0 aromatic heterocycles. The van der Waals surface area contributed by atoms with Gasteiger partial charge in [-0.3, -0.25) is 0 Å². The van der Waals surface area contributed by atoms with Gasteiger partial charge in [0.1, 0.15) is 5.60 Å². The van der Waals surface area contributed by atoms with Crippen molar-refractivity contribution in [2.24, 2.45) is 10.9 Å². The average molecular weight is 268 g/mol. The third-order valence-corrected chi connectivity index (χ3v) is 3.12. The van der Waals surface area contributed by atoms with Crippen molar-refractivity contribution in [3.05, 3.63) is 0 Å². The van der Waals surface area contributed by atoms with Crippen LogP contribution in [0.15, 0.2) is 4.99 Å². The van der Waals surface area contributed by atoms with Gasteiger partial charge in [-0.05, 0) is 52.4 Å². The van der Waals surface area contributed by atoms with Gasteiger partial charge in [-0.25, -0.2) is 14.6 Å². The second-order valence-corrected chi connectivity index (χ2v) is 6.05. The van der Waals surface area contributed by atoms with Crippen LogP contribution in [0.5, 0.6) is 0 Å². The molecule has 0 bridgehead atoms. The number of isocyanates is 1. The van der Waals surface area contributed by atoms with Crippen LogP contribution in [0.4, 0.5) is 4.79 Å². The minimum atomic E-state index is -0.442. The quantitative estimate of drug-likeness (QED) is 0.447. The molecule has 1 atom stereocenters. The molecule has 0 aromatic rings. The van der Waals surface area contributed by atoms with E-state index in [1.807, 2.05) is 20.8 Å². The van der Waals surface area contributed by atoms with E-state index < -0.39 is 5.60 Å². The first-order valence-electron chi connectivity index (χ1n) is 6.94. The summed E-state index contributed by atoms with van der Waals surface area (Å²) in [5.41, 5.74) is -0.442. The van der Waals surface area contributed by atoms with Gasteiger partial charge in [0.05, 0.1) is 6.54 Å². The van der Waals surface area contributed by atoms with Gasteiger partial charge >= 0.3 is 6.09 Å². The first kappa shape index (κ1) is 15.7. The van der Waals surface area contributed by atoms with Gasteiger partial charge in [-0.15, -0.1) is 0 Å². The van der Waals surface area contributed by atoms with Crippen molar-refractivity contribution >= 4 is 12.2 Å². The number of carbonyl (C=O) groups excluding carboxylic acids is 2. The lowest BCUT2D eigenvalue weighted by Crippen LogP contribution is -2.42. The number of likely N-dealkylation sites (tertiary alicyclic amines) is 1. The summed E-state index contributed by atoms with van der Waals surface area (Å²) in [5.74, 6) is 0.489. The molecule has 19 heavy (non-hydrogen) atoms. The maximum Gasteiger partial charge on any atom is 0.410 e. The van der Waals surface area contributed by atoms with Crippen molar-refractivity contribution in [3.8, 4) is 0 Å². The summed E-state index contributed by atoms with van der Waals surface area (Å²) in [6.45, 7) is 7.70. The van der Waals surface area contributed by atoms with E-state index in [0.29, 0.717) is 12.5 Å². The number of piperidine rings is 1. The van der Waals surface area contributed by atoms with E-state index in [1.54, 1.807) is 11.0 Å². The molecule has 1 heterocycles. The van der Waals surface area contributed by atoms with Crippen molar-refractivity contribution in [1.82, 2.24) is 4.90 Å². The second kappa shape index (κ2) is 7.29. The normalized spacial score (nSPS) is 19.7. The molecule has 0 aliphatic carbocycles. The molecule has 0 spiro atoms. The summed E-state index contributed by atoms with van der Waals surface area (Å²) in [7, 11) is 0. The molecule has 0 aromatic carbocycles. The Kier molecular flexibility index (Phi) is 6.03. The van der Waals surface area contributed by atoms with Crippen LogP contribution in [-0.4, -0.2) is 42.3 Å². The van der Waals surface area contributed by atoms with Crippen molar-refractivity contribution in [2.75, 3.05) is 19.6 Å². The number of aliphatic imine (C=N–C) groups is 1. The lowest BCUT2D eigenvalue weighted by molar-refractivity contribution is 0.0161. The Bertz CT molecular complexity index is 343. The Morgan fingerprint density at radius 2 is 2.21 bits per heavy atom. The lowest BCUT2D eigenvalue weighted by Gasteiger charge is -2.34. The number of nitrogens with zero attached hydrogens (tertiary/aromatic N) is 2. The van der Waals surface area contributed by atoms with Crippen molar-refractivity contribution < 1.29 is 14.3 Å². The van der Waals surface area contributed by atoms with Crippen LogP contribution < -0.4 is 0 Å². The highest BCUT2D eigenvalue weighted by Crippen LogP contribution is 2.22. The SMILES string of the molecule is CC(C)(C)OC(=O)N1CCCC(CCCN=C=O)C1. The van der Waals surface area contributed by atoms with Crippen LogP contribution >= 0.6 is 0 Å². The first-order chi connectivity index (χ1) is 8.92. The van der Waals surface area contributed by atoms with Crippen molar-refractivity contribution in [3.63, 3.8) is 0 Å². The average Bonchev–Trinajstić information content (AvgIpc) is 2.33. The van der Waals surface area contributed by atoms with E-state index in [2.05, 4.69) is 4.99 Å². The minimum absolute atomic E-state index is 0.219. The van der Waals surface area contributed by atoms with Crippen LogP contribution in [0.3, 0.4) is 0 Å². The molecule has 1 aliphatic heterocycles.